The van der Waals surface area contributed by atoms with E-state index >= 15 is 0 Å². The Kier molecular flexibility index (Phi) is 3.70. The van der Waals surface area contributed by atoms with Gasteiger partial charge in [0.15, 0.2) is 0 Å². The predicted molar refractivity (Wildman–Crippen MR) is 61.7 cm³/mol. The van der Waals surface area contributed by atoms with Crippen LogP contribution in [-0.2, 0) is 0 Å². The van der Waals surface area contributed by atoms with Gasteiger partial charge >= 0.3 is 0 Å². The zero-order chi connectivity index (χ0) is 9.84. The van der Waals surface area contributed by atoms with Crippen LogP contribution in [0.1, 0.15) is 16.7 Å². The second-order valence-electron chi connectivity index (χ2n) is 3.10. The molecular formula is C11H14BrN. The van der Waals surface area contributed by atoms with Crippen LogP contribution in [0.3, 0.4) is 0 Å². The summed E-state index contributed by atoms with van der Waals surface area (Å²) in [7, 11) is 0. The van der Waals surface area contributed by atoms with Crippen molar-refractivity contribution in [3.05, 3.63) is 39.4 Å². The van der Waals surface area contributed by atoms with Crippen molar-refractivity contribution in [2.24, 2.45) is 5.73 Å². The van der Waals surface area contributed by atoms with Crippen LogP contribution < -0.4 is 5.73 Å². The van der Waals surface area contributed by atoms with Crippen molar-refractivity contribution in [2.45, 2.75) is 13.8 Å². The van der Waals surface area contributed by atoms with E-state index < -0.39 is 0 Å². The third kappa shape index (κ3) is 2.68. The Hall–Kier alpha value is -0.600. The highest BCUT2D eigenvalue weighted by Gasteiger charge is 1.99. The zero-order valence-corrected chi connectivity index (χ0v) is 9.56. The molecule has 70 valence electrons. The van der Waals surface area contributed by atoms with E-state index in [1.165, 1.54) is 16.7 Å². The van der Waals surface area contributed by atoms with Crippen molar-refractivity contribution in [2.75, 3.05) is 6.54 Å². The Morgan fingerprint density at radius 2 is 2.08 bits per heavy atom. The number of nitrogens with two attached hydrogens (primary N) is 1. The lowest BCUT2D eigenvalue weighted by molar-refractivity contribution is 1.26. The van der Waals surface area contributed by atoms with E-state index in [0.29, 0.717) is 6.54 Å². The molecule has 0 aliphatic rings. The molecule has 0 atom stereocenters. The summed E-state index contributed by atoms with van der Waals surface area (Å²) in [6.45, 7) is 4.77. The van der Waals surface area contributed by atoms with E-state index in [1.54, 1.807) is 0 Å². The van der Waals surface area contributed by atoms with Gasteiger partial charge in [0.05, 0.1) is 0 Å². The van der Waals surface area contributed by atoms with Crippen molar-refractivity contribution in [1.82, 2.24) is 0 Å². The van der Waals surface area contributed by atoms with Crippen LogP contribution in [0.4, 0.5) is 0 Å². The fraction of sp³-hybridized carbons (Fsp3) is 0.273. The Bertz CT molecular complexity index is 329. The van der Waals surface area contributed by atoms with Crippen LogP contribution in [0.5, 0.6) is 0 Å². The first-order valence-corrected chi connectivity index (χ1v) is 5.08. The maximum absolute atomic E-state index is 5.40. The molecule has 1 nitrogen and oxygen atoms in total. The molecule has 0 aromatic heterocycles. The molecule has 2 heteroatoms. The Balaban J connectivity index is 3.12. The lowest BCUT2D eigenvalue weighted by atomic mass is 10.1. The van der Waals surface area contributed by atoms with Crippen molar-refractivity contribution in [3.63, 3.8) is 0 Å². The van der Waals surface area contributed by atoms with E-state index in [9.17, 15) is 0 Å². The highest BCUT2D eigenvalue weighted by atomic mass is 79.9. The molecular weight excluding hydrogens is 226 g/mol. The summed E-state index contributed by atoms with van der Waals surface area (Å²) in [5.41, 5.74) is 9.16. The number of benzene rings is 1. The lowest BCUT2D eigenvalue weighted by Crippen LogP contribution is -1.93. The molecule has 0 saturated carbocycles. The molecule has 0 aliphatic heterocycles. The van der Waals surface area contributed by atoms with Gasteiger partial charge in [-0.1, -0.05) is 34.1 Å². The van der Waals surface area contributed by atoms with E-state index in [4.69, 9.17) is 5.73 Å². The maximum Gasteiger partial charge on any atom is 0.0213 e. The van der Waals surface area contributed by atoms with Gasteiger partial charge in [0.25, 0.3) is 0 Å². The molecule has 2 N–H and O–H groups in total. The molecule has 0 spiro atoms. The van der Waals surface area contributed by atoms with Crippen LogP contribution in [0.15, 0.2) is 22.7 Å². The van der Waals surface area contributed by atoms with Gasteiger partial charge in [-0.3, -0.25) is 0 Å². The number of hydrogen-bond acceptors (Lipinski definition) is 1. The van der Waals surface area contributed by atoms with Gasteiger partial charge in [0.2, 0.25) is 0 Å². The SMILES string of the molecule is Cc1cc(Br)c(C)c(/C=C/CN)c1. The third-order valence-corrected chi connectivity index (χ3v) is 2.79. The van der Waals surface area contributed by atoms with Crippen LogP contribution in [0.25, 0.3) is 6.08 Å². The molecule has 1 aromatic rings. The van der Waals surface area contributed by atoms with Gasteiger partial charge in [-0.15, -0.1) is 0 Å². The second-order valence-corrected chi connectivity index (χ2v) is 3.95. The largest absolute Gasteiger partial charge is 0.327 e. The Labute approximate surface area is 87.8 Å². The normalized spacial score (nSPS) is 11.1. The van der Waals surface area contributed by atoms with Gasteiger partial charge in [-0.25, -0.2) is 0 Å². The summed E-state index contributed by atoms with van der Waals surface area (Å²) in [6, 6.07) is 4.28. The minimum absolute atomic E-state index is 0.588. The Morgan fingerprint density at radius 3 is 2.69 bits per heavy atom. The maximum atomic E-state index is 5.40. The van der Waals surface area contributed by atoms with Crippen molar-refractivity contribution < 1.29 is 0 Å². The van der Waals surface area contributed by atoms with E-state index in [2.05, 4.69) is 48.0 Å². The molecule has 1 rings (SSSR count). The summed E-state index contributed by atoms with van der Waals surface area (Å²) in [4.78, 5) is 0. The zero-order valence-electron chi connectivity index (χ0n) is 7.97. The highest BCUT2D eigenvalue weighted by molar-refractivity contribution is 9.10. The fourth-order valence-electron chi connectivity index (χ4n) is 1.21. The monoisotopic (exact) mass is 239 g/mol. The smallest absolute Gasteiger partial charge is 0.0213 e. The third-order valence-electron chi connectivity index (χ3n) is 1.96. The van der Waals surface area contributed by atoms with Crippen molar-refractivity contribution in [1.29, 1.82) is 0 Å². The van der Waals surface area contributed by atoms with Gasteiger partial charge in [-0.2, -0.15) is 0 Å². The minimum atomic E-state index is 0.588. The molecule has 0 fully saturated rings. The van der Waals surface area contributed by atoms with Crippen molar-refractivity contribution in [3.8, 4) is 0 Å². The van der Waals surface area contributed by atoms with Gasteiger partial charge in [0, 0.05) is 11.0 Å². The molecule has 13 heavy (non-hydrogen) atoms. The number of halogens is 1. The first-order valence-electron chi connectivity index (χ1n) is 4.28. The molecule has 0 amide bonds. The molecule has 0 heterocycles. The topological polar surface area (TPSA) is 26.0 Å². The van der Waals surface area contributed by atoms with Crippen LogP contribution >= 0.6 is 15.9 Å². The van der Waals surface area contributed by atoms with Crippen LogP contribution in [0.2, 0.25) is 0 Å². The summed E-state index contributed by atoms with van der Waals surface area (Å²) < 4.78 is 1.16. The summed E-state index contributed by atoms with van der Waals surface area (Å²) >= 11 is 3.52. The molecule has 0 unspecified atom stereocenters. The summed E-state index contributed by atoms with van der Waals surface area (Å²) in [5.74, 6) is 0. The predicted octanol–water partition coefficient (Wildman–Crippen LogP) is 3.04. The summed E-state index contributed by atoms with van der Waals surface area (Å²) in [5, 5.41) is 0. The Morgan fingerprint density at radius 1 is 1.38 bits per heavy atom. The molecule has 0 radical (unpaired) electrons. The number of aryl methyl sites for hydroxylation is 1. The average molecular weight is 240 g/mol. The molecule has 0 aliphatic carbocycles. The minimum Gasteiger partial charge on any atom is -0.327 e. The number of rotatable bonds is 2. The second kappa shape index (κ2) is 4.58. The van der Waals surface area contributed by atoms with E-state index in [1.807, 2.05) is 6.08 Å². The average Bonchev–Trinajstić information content (AvgIpc) is 2.09. The van der Waals surface area contributed by atoms with E-state index in [-0.39, 0.29) is 0 Å². The molecule has 0 bridgehead atoms. The van der Waals surface area contributed by atoms with Crippen LogP contribution in [-0.4, -0.2) is 6.54 Å². The quantitative estimate of drug-likeness (QED) is 0.844. The highest BCUT2D eigenvalue weighted by Crippen LogP contribution is 2.22. The summed E-state index contributed by atoms with van der Waals surface area (Å²) in [6.07, 6.45) is 4.03. The number of hydrogen-bond donors (Lipinski definition) is 1. The molecule has 0 saturated heterocycles. The van der Waals surface area contributed by atoms with E-state index in [0.717, 1.165) is 4.47 Å². The fourth-order valence-corrected chi connectivity index (χ4v) is 1.80. The first kappa shape index (κ1) is 10.5. The van der Waals surface area contributed by atoms with Gasteiger partial charge < -0.3 is 5.73 Å². The molecule has 1 aromatic carbocycles. The van der Waals surface area contributed by atoms with Gasteiger partial charge in [-0.05, 0) is 36.6 Å². The van der Waals surface area contributed by atoms with Crippen LogP contribution in [0, 0.1) is 13.8 Å². The standard InChI is InChI=1S/C11H14BrN/c1-8-6-10(4-3-5-13)9(2)11(12)7-8/h3-4,6-7H,5,13H2,1-2H3/b4-3+. The lowest BCUT2D eigenvalue weighted by Gasteiger charge is -2.05. The first-order chi connectivity index (χ1) is 6.15. The van der Waals surface area contributed by atoms with Crippen molar-refractivity contribution >= 4 is 22.0 Å². The van der Waals surface area contributed by atoms with Gasteiger partial charge in [0.1, 0.15) is 0 Å².